The Morgan fingerprint density at radius 2 is 1.66 bits per heavy atom. The predicted octanol–water partition coefficient (Wildman–Crippen LogP) is 6.15. The van der Waals surface area contributed by atoms with Crippen molar-refractivity contribution >= 4 is 34.7 Å². The molecule has 1 heterocycles. The standard InChI is InChI=1S/C28H26ClNO5/c1-4-34-21-14-15-23(29)22(16-21)26(31)24-25(18-8-6-5-7-9-18)30(28(33)27(24)32)19-10-12-20(13-11-19)35-17(2)3/h5-17,25,31H,4H2,1-3H3/b26-24+. The van der Waals surface area contributed by atoms with Crippen LogP contribution in [0.25, 0.3) is 5.76 Å². The number of aliphatic hydroxyl groups is 1. The van der Waals surface area contributed by atoms with Gasteiger partial charge in [-0.2, -0.15) is 0 Å². The molecule has 3 aromatic carbocycles. The second kappa shape index (κ2) is 10.2. The molecule has 0 aromatic heterocycles. The minimum atomic E-state index is -0.847. The Morgan fingerprint density at radius 1 is 1.00 bits per heavy atom. The largest absolute Gasteiger partial charge is 0.507 e. The van der Waals surface area contributed by atoms with Crippen molar-refractivity contribution in [1.82, 2.24) is 0 Å². The number of hydrogen-bond acceptors (Lipinski definition) is 5. The number of hydrogen-bond donors (Lipinski definition) is 1. The van der Waals surface area contributed by atoms with Gasteiger partial charge in [-0.3, -0.25) is 14.5 Å². The van der Waals surface area contributed by atoms with Crippen molar-refractivity contribution in [2.24, 2.45) is 0 Å². The van der Waals surface area contributed by atoms with Crippen LogP contribution in [0.15, 0.2) is 78.4 Å². The van der Waals surface area contributed by atoms with Gasteiger partial charge in [-0.15, -0.1) is 0 Å². The number of Topliss-reactive ketones (excluding diaryl/α,β-unsaturated/α-hetero) is 1. The van der Waals surface area contributed by atoms with Gasteiger partial charge in [-0.1, -0.05) is 41.9 Å². The number of halogens is 1. The summed E-state index contributed by atoms with van der Waals surface area (Å²) < 4.78 is 11.2. The number of carbonyl (C=O) groups is 2. The molecule has 7 heteroatoms. The van der Waals surface area contributed by atoms with Gasteiger partial charge in [0.1, 0.15) is 17.3 Å². The number of carbonyl (C=O) groups excluding carboxylic acids is 2. The lowest BCUT2D eigenvalue weighted by Gasteiger charge is -2.25. The Labute approximate surface area is 209 Å². The van der Waals surface area contributed by atoms with Crippen LogP contribution in [0.2, 0.25) is 5.02 Å². The van der Waals surface area contributed by atoms with Gasteiger partial charge in [-0.25, -0.2) is 0 Å². The second-order valence-corrected chi connectivity index (χ2v) is 8.72. The van der Waals surface area contributed by atoms with Gasteiger partial charge in [-0.05, 0) is 68.8 Å². The molecule has 0 aliphatic carbocycles. The fourth-order valence-electron chi connectivity index (χ4n) is 4.09. The van der Waals surface area contributed by atoms with Gasteiger partial charge in [0.25, 0.3) is 11.7 Å². The molecule has 1 amide bonds. The van der Waals surface area contributed by atoms with Crippen LogP contribution >= 0.6 is 11.6 Å². The highest BCUT2D eigenvalue weighted by atomic mass is 35.5. The first-order valence-electron chi connectivity index (χ1n) is 11.4. The molecule has 1 atom stereocenters. The fraction of sp³-hybridized carbons (Fsp3) is 0.214. The van der Waals surface area contributed by atoms with Crippen LogP contribution in [0.1, 0.15) is 37.9 Å². The van der Waals surface area contributed by atoms with Gasteiger partial charge in [0, 0.05) is 11.3 Å². The number of aliphatic hydroxyl groups excluding tert-OH is 1. The molecule has 0 spiro atoms. The van der Waals surface area contributed by atoms with E-state index < -0.39 is 17.7 Å². The summed E-state index contributed by atoms with van der Waals surface area (Å²) in [6.45, 7) is 6.11. The first-order valence-corrected chi connectivity index (χ1v) is 11.7. The average Bonchev–Trinajstić information content (AvgIpc) is 3.11. The summed E-state index contributed by atoms with van der Waals surface area (Å²) in [4.78, 5) is 28.0. The van der Waals surface area contributed by atoms with Crippen LogP contribution in [-0.2, 0) is 9.59 Å². The Morgan fingerprint density at radius 3 is 2.29 bits per heavy atom. The molecule has 0 radical (unpaired) electrons. The third-order valence-corrected chi connectivity index (χ3v) is 5.88. The highest BCUT2D eigenvalue weighted by molar-refractivity contribution is 6.52. The SMILES string of the molecule is CCOc1ccc(Cl)c(/C(O)=C2\C(=O)C(=O)N(c3ccc(OC(C)C)cc3)C2c2ccccc2)c1. The second-order valence-electron chi connectivity index (χ2n) is 8.31. The Hall–Kier alpha value is -3.77. The number of anilines is 1. The lowest BCUT2D eigenvalue weighted by Crippen LogP contribution is -2.29. The summed E-state index contributed by atoms with van der Waals surface area (Å²) in [5.74, 6) is -0.751. The molecular formula is C28H26ClNO5. The van der Waals surface area contributed by atoms with E-state index in [1.807, 2.05) is 51.1 Å². The summed E-state index contributed by atoms with van der Waals surface area (Å²) in [7, 11) is 0. The molecule has 4 rings (SSSR count). The molecule has 6 nitrogen and oxygen atoms in total. The van der Waals surface area contributed by atoms with Gasteiger partial charge in [0.05, 0.1) is 29.3 Å². The molecule has 1 unspecified atom stereocenters. The van der Waals surface area contributed by atoms with E-state index in [1.54, 1.807) is 42.5 Å². The van der Waals surface area contributed by atoms with Crippen LogP contribution in [-0.4, -0.2) is 29.5 Å². The normalized spacial score (nSPS) is 17.2. The number of ether oxygens (including phenoxy) is 2. The molecule has 180 valence electrons. The molecule has 0 bridgehead atoms. The van der Waals surface area contributed by atoms with E-state index in [-0.39, 0.29) is 28.0 Å². The van der Waals surface area contributed by atoms with E-state index in [0.717, 1.165) is 0 Å². The van der Waals surface area contributed by atoms with E-state index in [0.29, 0.717) is 29.4 Å². The smallest absolute Gasteiger partial charge is 0.300 e. The maximum atomic E-state index is 13.3. The van der Waals surface area contributed by atoms with Gasteiger partial charge >= 0.3 is 0 Å². The summed E-state index contributed by atoms with van der Waals surface area (Å²) >= 11 is 6.39. The van der Waals surface area contributed by atoms with Crippen molar-refractivity contribution in [1.29, 1.82) is 0 Å². The van der Waals surface area contributed by atoms with Gasteiger partial charge in [0.15, 0.2) is 0 Å². The van der Waals surface area contributed by atoms with Crippen molar-refractivity contribution in [3.8, 4) is 11.5 Å². The number of amides is 1. The quantitative estimate of drug-likeness (QED) is 0.243. The summed E-state index contributed by atoms with van der Waals surface area (Å²) in [6.07, 6.45) is -0.00315. The van der Waals surface area contributed by atoms with Crippen LogP contribution < -0.4 is 14.4 Å². The Kier molecular flexibility index (Phi) is 7.12. The molecule has 3 aromatic rings. The fourth-order valence-corrected chi connectivity index (χ4v) is 4.30. The molecule has 0 saturated carbocycles. The monoisotopic (exact) mass is 491 g/mol. The number of ketones is 1. The topological polar surface area (TPSA) is 76.1 Å². The minimum Gasteiger partial charge on any atom is -0.507 e. The lowest BCUT2D eigenvalue weighted by atomic mass is 9.95. The molecular weight excluding hydrogens is 466 g/mol. The Bertz CT molecular complexity index is 1270. The predicted molar refractivity (Wildman–Crippen MR) is 136 cm³/mol. The zero-order chi connectivity index (χ0) is 25.1. The number of benzene rings is 3. The molecule has 1 fully saturated rings. The zero-order valence-electron chi connectivity index (χ0n) is 19.7. The molecule has 1 aliphatic rings. The minimum absolute atomic E-state index is 0.00315. The molecule has 1 saturated heterocycles. The number of rotatable bonds is 7. The van der Waals surface area contributed by atoms with Crippen LogP contribution in [0, 0.1) is 0 Å². The first kappa shape index (κ1) is 24.4. The first-order chi connectivity index (χ1) is 16.8. The van der Waals surface area contributed by atoms with Gasteiger partial charge < -0.3 is 14.6 Å². The summed E-state index contributed by atoms with van der Waals surface area (Å²) in [5, 5.41) is 11.6. The van der Waals surface area contributed by atoms with Crippen molar-refractivity contribution in [3.63, 3.8) is 0 Å². The van der Waals surface area contributed by atoms with Crippen molar-refractivity contribution < 1.29 is 24.2 Å². The zero-order valence-corrected chi connectivity index (χ0v) is 20.5. The highest BCUT2D eigenvalue weighted by Crippen LogP contribution is 2.43. The van der Waals surface area contributed by atoms with E-state index in [1.165, 1.54) is 4.90 Å². The van der Waals surface area contributed by atoms with Crippen molar-refractivity contribution in [2.75, 3.05) is 11.5 Å². The third-order valence-electron chi connectivity index (χ3n) is 5.55. The van der Waals surface area contributed by atoms with Crippen LogP contribution in [0.5, 0.6) is 11.5 Å². The Balaban J connectivity index is 1.87. The molecule has 1 aliphatic heterocycles. The van der Waals surface area contributed by atoms with E-state index in [4.69, 9.17) is 21.1 Å². The maximum absolute atomic E-state index is 13.3. The highest BCUT2D eigenvalue weighted by Gasteiger charge is 2.47. The molecule has 1 N–H and O–H groups in total. The van der Waals surface area contributed by atoms with Gasteiger partial charge in [0.2, 0.25) is 0 Å². The summed E-state index contributed by atoms with van der Waals surface area (Å²) in [5.41, 5.74) is 1.36. The van der Waals surface area contributed by atoms with E-state index in [9.17, 15) is 14.7 Å². The van der Waals surface area contributed by atoms with Crippen molar-refractivity contribution in [2.45, 2.75) is 32.9 Å². The third kappa shape index (κ3) is 4.88. The van der Waals surface area contributed by atoms with Crippen molar-refractivity contribution in [3.05, 3.63) is 94.5 Å². The number of nitrogens with zero attached hydrogens (tertiary/aromatic N) is 1. The van der Waals surface area contributed by atoms with Crippen LogP contribution in [0.3, 0.4) is 0 Å². The van der Waals surface area contributed by atoms with Crippen LogP contribution in [0.4, 0.5) is 5.69 Å². The van der Waals surface area contributed by atoms with E-state index in [2.05, 4.69) is 0 Å². The average molecular weight is 492 g/mol. The lowest BCUT2D eigenvalue weighted by molar-refractivity contribution is -0.132. The summed E-state index contributed by atoms with van der Waals surface area (Å²) in [6, 6.07) is 20.0. The van der Waals surface area contributed by atoms with E-state index >= 15 is 0 Å². The molecule has 35 heavy (non-hydrogen) atoms. The maximum Gasteiger partial charge on any atom is 0.300 e.